The highest BCUT2D eigenvalue weighted by atomic mass is 33.9. The predicted octanol–water partition coefficient (Wildman–Crippen LogP) is 7.79. The third-order valence-electron chi connectivity index (χ3n) is 3.42. The summed E-state index contributed by atoms with van der Waals surface area (Å²) in [5.41, 5.74) is 1.08. The lowest BCUT2D eigenvalue weighted by molar-refractivity contribution is 0.120. The number of hydrogen-bond donors (Lipinski definition) is 0. The molecule has 0 saturated heterocycles. The molecule has 0 bridgehead atoms. The molecule has 1 unspecified atom stereocenters. The van der Waals surface area contributed by atoms with Crippen molar-refractivity contribution >= 4 is 101 Å². The van der Waals surface area contributed by atoms with Gasteiger partial charge in [0.25, 0.3) is 0 Å². The van der Waals surface area contributed by atoms with Gasteiger partial charge in [-0.2, -0.15) is 0 Å². The van der Waals surface area contributed by atoms with Crippen molar-refractivity contribution in [3.63, 3.8) is 0 Å². The molecule has 13 heteroatoms. The van der Waals surface area contributed by atoms with Crippen LogP contribution in [0.3, 0.4) is 0 Å². The minimum Gasteiger partial charge on any atom is -0.377 e. The van der Waals surface area contributed by atoms with Crippen molar-refractivity contribution < 1.29 is 13.3 Å². The van der Waals surface area contributed by atoms with Crippen molar-refractivity contribution in [3.05, 3.63) is 24.3 Å². The van der Waals surface area contributed by atoms with Crippen LogP contribution < -0.4 is 0 Å². The Bertz CT molecular complexity index is 633. The second-order valence-corrected chi connectivity index (χ2v) is 20.7. The van der Waals surface area contributed by atoms with Gasteiger partial charge >= 0.3 is 8.80 Å². The van der Waals surface area contributed by atoms with Crippen LogP contribution >= 0.6 is 82.1 Å². The Morgan fingerprint density at radius 1 is 1.00 bits per heavy atom. The van der Waals surface area contributed by atoms with Crippen molar-refractivity contribution in [2.75, 3.05) is 27.1 Å². The first kappa shape index (κ1) is 24.9. The summed E-state index contributed by atoms with van der Waals surface area (Å²) in [6.07, 6.45) is 0. The van der Waals surface area contributed by atoms with E-state index >= 15 is 0 Å². The van der Waals surface area contributed by atoms with E-state index in [4.69, 9.17) is 13.3 Å². The molecule has 0 saturated carbocycles. The van der Waals surface area contributed by atoms with Crippen molar-refractivity contribution in [2.24, 2.45) is 5.92 Å². The van der Waals surface area contributed by atoms with E-state index in [1.54, 1.807) is 82.8 Å². The van der Waals surface area contributed by atoms with Gasteiger partial charge in [0.1, 0.15) is 0 Å². The van der Waals surface area contributed by atoms with Crippen molar-refractivity contribution in [3.8, 4) is 0 Å². The van der Waals surface area contributed by atoms with Crippen LogP contribution in [-0.2, 0) is 13.3 Å². The summed E-state index contributed by atoms with van der Waals surface area (Å²) in [6.45, 7) is 2.21. The first-order chi connectivity index (χ1) is 13.1. The molecule has 2 rings (SSSR count). The van der Waals surface area contributed by atoms with Crippen molar-refractivity contribution in [1.82, 2.24) is 4.98 Å². The van der Waals surface area contributed by atoms with Gasteiger partial charge in [0.15, 0.2) is 4.34 Å². The Balaban J connectivity index is 1.52. The van der Waals surface area contributed by atoms with Crippen LogP contribution in [0.2, 0.25) is 6.04 Å². The summed E-state index contributed by atoms with van der Waals surface area (Å²) in [7, 11) is 15.1. The summed E-state index contributed by atoms with van der Waals surface area (Å²) < 4.78 is 18.8. The van der Waals surface area contributed by atoms with Gasteiger partial charge in [-0.1, -0.05) is 29.9 Å². The fourth-order valence-corrected chi connectivity index (χ4v) is 20.2. The molecular formula is C14H21NO3S8Si. The van der Waals surface area contributed by atoms with Gasteiger partial charge in [-0.3, -0.25) is 0 Å². The first-order valence-electron chi connectivity index (χ1n) is 7.76. The minimum absolute atomic E-state index is 0.483. The molecule has 0 fully saturated rings. The van der Waals surface area contributed by atoms with Crippen LogP contribution in [-0.4, -0.2) is 40.9 Å². The highest BCUT2D eigenvalue weighted by Gasteiger charge is 2.39. The van der Waals surface area contributed by atoms with E-state index in [-0.39, 0.29) is 0 Å². The van der Waals surface area contributed by atoms with Gasteiger partial charge in [-0.15, -0.1) is 11.3 Å². The molecule has 4 nitrogen and oxygen atoms in total. The lowest BCUT2D eigenvalue weighted by Crippen LogP contribution is -2.44. The number of fused-ring (bicyclic) bond motifs is 1. The van der Waals surface area contributed by atoms with Gasteiger partial charge in [0, 0.05) is 33.1 Å². The molecule has 0 radical (unpaired) electrons. The Hall–Kier alpha value is 1.66. The Kier molecular flexibility index (Phi) is 12.8. The lowest BCUT2D eigenvalue weighted by atomic mass is 10.3. The van der Waals surface area contributed by atoms with E-state index in [0.717, 1.165) is 21.7 Å². The predicted molar refractivity (Wildman–Crippen MR) is 137 cm³/mol. The van der Waals surface area contributed by atoms with E-state index in [0.29, 0.717) is 5.92 Å². The van der Waals surface area contributed by atoms with E-state index in [9.17, 15) is 0 Å². The zero-order valence-electron chi connectivity index (χ0n) is 15.2. The zero-order valence-corrected chi connectivity index (χ0v) is 22.8. The van der Waals surface area contributed by atoms with E-state index < -0.39 is 8.80 Å². The quantitative estimate of drug-likeness (QED) is 0.135. The molecule has 0 amide bonds. The average Bonchev–Trinajstić information content (AvgIpc) is 3.11. The molecule has 1 aromatic heterocycles. The zero-order chi connectivity index (χ0) is 19.5. The van der Waals surface area contributed by atoms with E-state index in [2.05, 4.69) is 30.1 Å². The summed E-state index contributed by atoms with van der Waals surface area (Å²) in [4.78, 5) is 4.62. The third-order valence-corrected chi connectivity index (χ3v) is 21.0. The normalized spacial score (nSPS) is 13.3. The molecule has 27 heavy (non-hydrogen) atoms. The standard InChI is InChI=1S/C14H21NO3S8Si/c1-11(10-27(16-2,17-3)18-4)9-19-22-24-26-25-23-21-14-15-12-7-5-6-8-13(12)20-14/h5-8,11H,9-10H2,1-4H3. The Labute approximate surface area is 192 Å². The summed E-state index contributed by atoms with van der Waals surface area (Å²) in [5, 5.41) is 0. The highest BCUT2D eigenvalue weighted by molar-refractivity contribution is 9.46. The molecule has 152 valence electrons. The van der Waals surface area contributed by atoms with Crippen molar-refractivity contribution in [2.45, 2.75) is 17.3 Å². The first-order valence-corrected chi connectivity index (χ1v) is 19.5. The van der Waals surface area contributed by atoms with Crippen LogP contribution in [0.25, 0.3) is 10.2 Å². The fraction of sp³-hybridized carbons (Fsp3) is 0.500. The minimum atomic E-state index is -2.46. The molecule has 1 heterocycles. The largest absolute Gasteiger partial charge is 0.500 e. The van der Waals surface area contributed by atoms with Gasteiger partial charge in [-0.25, -0.2) is 4.98 Å². The summed E-state index contributed by atoms with van der Waals surface area (Å²) >= 11 is 1.75. The van der Waals surface area contributed by atoms with Crippen LogP contribution in [0, 0.1) is 5.92 Å². The maximum Gasteiger partial charge on any atom is 0.500 e. The number of thiazole rings is 1. The Morgan fingerprint density at radius 2 is 1.67 bits per heavy atom. The lowest BCUT2D eigenvalue weighted by Gasteiger charge is -2.26. The molecule has 1 aromatic carbocycles. The van der Waals surface area contributed by atoms with Gasteiger partial charge in [0.2, 0.25) is 0 Å². The van der Waals surface area contributed by atoms with Gasteiger partial charge < -0.3 is 13.3 Å². The summed E-state index contributed by atoms with van der Waals surface area (Å²) in [5.74, 6) is 1.53. The number of aromatic nitrogens is 1. The molecule has 2 aromatic rings. The van der Waals surface area contributed by atoms with Crippen LogP contribution in [0.1, 0.15) is 6.92 Å². The molecule has 0 aliphatic heterocycles. The number of hydrogen-bond acceptors (Lipinski definition) is 12. The van der Waals surface area contributed by atoms with Crippen LogP contribution in [0.5, 0.6) is 0 Å². The van der Waals surface area contributed by atoms with Crippen molar-refractivity contribution in [1.29, 1.82) is 0 Å². The Morgan fingerprint density at radius 3 is 2.37 bits per heavy atom. The van der Waals surface area contributed by atoms with Gasteiger partial charge in [-0.05, 0) is 78.0 Å². The second-order valence-electron chi connectivity index (χ2n) is 5.26. The number of nitrogens with zero attached hydrogens (tertiary/aromatic N) is 1. The summed E-state index contributed by atoms with van der Waals surface area (Å²) in [6, 6.07) is 9.10. The monoisotopic (exact) mass is 535 g/mol. The maximum atomic E-state index is 5.49. The van der Waals surface area contributed by atoms with Gasteiger partial charge in [0.05, 0.1) is 10.2 Å². The van der Waals surface area contributed by atoms with Crippen LogP contribution in [0.4, 0.5) is 0 Å². The molecule has 0 aliphatic rings. The molecule has 0 N–H and O–H groups in total. The third kappa shape index (κ3) is 8.73. The number of para-hydroxylation sites is 1. The molecule has 0 aliphatic carbocycles. The topological polar surface area (TPSA) is 40.6 Å². The van der Waals surface area contributed by atoms with Crippen LogP contribution in [0.15, 0.2) is 28.6 Å². The molecular weight excluding hydrogens is 515 g/mol. The molecule has 0 spiro atoms. The second kappa shape index (κ2) is 13.9. The smallest absolute Gasteiger partial charge is 0.377 e. The number of rotatable bonds is 14. The number of benzene rings is 1. The highest BCUT2D eigenvalue weighted by Crippen LogP contribution is 2.56. The average molecular weight is 536 g/mol. The SMILES string of the molecule is CO[Si](CC(C)CSSSSSSSc1nc2ccccc2s1)(OC)OC. The fourth-order valence-electron chi connectivity index (χ4n) is 2.11. The maximum absolute atomic E-state index is 5.49. The van der Waals surface area contributed by atoms with E-state index in [1.807, 2.05) is 26.7 Å². The van der Waals surface area contributed by atoms with E-state index in [1.165, 1.54) is 4.70 Å². The molecule has 1 atom stereocenters.